The van der Waals surface area contributed by atoms with Gasteiger partial charge in [-0.25, -0.2) is 0 Å². The maximum Gasteiger partial charge on any atom is 0.226 e. The van der Waals surface area contributed by atoms with Gasteiger partial charge in [0, 0.05) is 19.2 Å². The van der Waals surface area contributed by atoms with Gasteiger partial charge in [0.1, 0.15) is 0 Å². The summed E-state index contributed by atoms with van der Waals surface area (Å²) in [5.41, 5.74) is 0.914. The van der Waals surface area contributed by atoms with E-state index in [-0.39, 0.29) is 18.6 Å². The summed E-state index contributed by atoms with van der Waals surface area (Å²) in [6.07, 6.45) is 3.14. The van der Waals surface area contributed by atoms with E-state index in [1.807, 2.05) is 13.0 Å². The number of nitrogens with zero attached hydrogens (tertiary/aromatic N) is 1. The summed E-state index contributed by atoms with van der Waals surface area (Å²) in [5.74, 6) is 0.125. The van der Waals surface area contributed by atoms with E-state index in [1.165, 1.54) is 5.56 Å². The Morgan fingerprint density at radius 2 is 1.96 bits per heavy atom. The molecular weight excluding hydrogens is 288 g/mol. The van der Waals surface area contributed by atoms with Crippen LogP contribution in [0.15, 0.2) is 30.3 Å². The summed E-state index contributed by atoms with van der Waals surface area (Å²) in [6, 6.07) is 10.6. The van der Waals surface area contributed by atoms with E-state index in [2.05, 4.69) is 41.4 Å². The Morgan fingerprint density at radius 1 is 1.30 bits per heavy atom. The Labute approximate surface area is 139 Å². The molecule has 1 atom stereocenters. The number of rotatable bonds is 7. The first-order chi connectivity index (χ1) is 11.1. The molecule has 128 valence electrons. The van der Waals surface area contributed by atoms with Crippen molar-refractivity contribution < 1.29 is 9.90 Å². The SMILES string of the molecule is CC[C@@H](C)NC(=O)C1(CCO)CCN(Cc2ccccc2)CC1. The molecule has 1 saturated heterocycles. The Kier molecular flexibility index (Phi) is 6.60. The molecule has 1 amide bonds. The second-order valence-corrected chi connectivity index (χ2v) is 6.80. The van der Waals surface area contributed by atoms with Crippen LogP contribution in [0.4, 0.5) is 0 Å². The van der Waals surface area contributed by atoms with Crippen LogP contribution in [0.2, 0.25) is 0 Å². The molecule has 1 aromatic rings. The highest BCUT2D eigenvalue weighted by Gasteiger charge is 2.40. The second kappa shape index (κ2) is 8.46. The Morgan fingerprint density at radius 3 is 2.52 bits per heavy atom. The lowest BCUT2D eigenvalue weighted by molar-refractivity contribution is -0.136. The van der Waals surface area contributed by atoms with Crippen molar-refractivity contribution >= 4 is 5.91 Å². The van der Waals surface area contributed by atoms with Crippen LogP contribution < -0.4 is 5.32 Å². The molecule has 0 saturated carbocycles. The zero-order chi connectivity index (χ0) is 16.7. The lowest BCUT2D eigenvalue weighted by Gasteiger charge is -2.41. The summed E-state index contributed by atoms with van der Waals surface area (Å²) < 4.78 is 0. The second-order valence-electron chi connectivity index (χ2n) is 6.80. The number of piperidine rings is 1. The lowest BCUT2D eigenvalue weighted by Crippen LogP contribution is -2.50. The predicted molar refractivity (Wildman–Crippen MR) is 93.0 cm³/mol. The first kappa shape index (κ1) is 18.0. The third kappa shape index (κ3) is 4.79. The number of carbonyl (C=O) groups is 1. The minimum Gasteiger partial charge on any atom is -0.396 e. The van der Waals surface area contributed by atoms with Gasteiger partial charge in [0.25, 0.3) is 0 Å². The molecule has 1 aliphatic rings. The average molecular weight is 318 g/mol. The van der Waals surface area contributed by atoms with E-state index >= 15 is 0 Å². The molecule has 0 radical (unpaired) electrons. The monoisotopic (exact) mass is 318 g/mol. The topological polar surface area (TPSA) is 52.6 Å². The molecule has 0 bridgehead atoms. The fourth-order valence-electron chi connectivity index (χ4n) is 3.26. The van der Waals surface area contributed by atoms with Crippen LogP contribution in [0, 0.1) is 5.41 Å². The van der Waals surface area contributed by atoms with Crippen molar-refractivity contribution in [3.8, 4) is 0 Å². The minimum atomic E-state index is -0.397. The maximum atomic E-state index is 12.7. The van der Waals surface area contributed by atoms with Gasteiger partial charge in [-0.15, -0.1) is 0 Å². The number of nitrogens with one attached hydrogen (secondary N) is 1. The Hall–Kier alpha value is -1.39. The highest BCUT2D eigenvalue weighted by atomic mass is 16.3. The van der Waals surface area contributed by atoms with Gasteiger partial charge in [0.2, 0.25) is 5.91 Å². The van der Waals surface area contributed by atoms with Crippen LogP contribution in [0.3, 0.4) is 0 Å². The van der Waals surface area contributed by atoms with Crippen LogP contribution in [0.5, 0.6) is 0 Å². The molecule has 0 spiro atoms. The van der Waals surface area contributed by atoms with Crippen LogP contribution >= 0.6 is 0 Å². The average Bonchev–Trinajstić information content (AvgIpc) is 2.57. The van der Waals surface area contributed by atoms with E-state index in [4.69, 9.17) is 0 Å². The Balaban J connectivity index is 1.95. The smallest absolute Gasteiger partial charge is 0.226 e. The summed E-state index contributed by atoms with van der Waals surface area (Å²) >= 11 is 0. The molecule has 1 heterocycles. The van der Waals surface area contributed by atoms with Crippen molar-refractivity contribution in [1.29, 1.82) is 0 Å². The number of amides is 1. The van der Waals surface area contributed by atoms with E-state index in [9.17, 15) is 9.90 Å². The molecule has 1 aromatic carbocycles. The predicted octanol–water partition coefficient (Wildman–Crippen LogP) is 2.57. The fraction of sp³-hybridized carbons (Fsp3) is 0.632. The molecule has 0 unspecified atom stereocenters. The maximum absolute atomic E-state index is 12.7. The summed E-state index contributed by atoms with van der Waals surface area (Å²) in [7, 11) is 0. The van der Waals surface area contributed by atoms with Crippen LogP contribution in [-0.4, -0.2) is 41.7 Å². The van der Waals surface area contributed by atoms with Crippen molar-refractivity contribution in [1.82, 2.24) is 10.2 Å². The fourth-order valence-corrected chi connectivity index (χ4v) is 3.26. The number of benzene rings is 1. The standard InChI is InChI=1S/C19H30N2O2/c1-3-16(2)20-18(23)19(11-14-22)9-12-21(13-10-19)15-17-7-5-4-6-8-17/h4-8,16,22H,3,9-15H2,1-2H3,(H,20,23)/t16-/m1/s1. The van der Waals surface area contributed by atoms with Gasteiger partial charge in [0.15, 0.2) is 0 Å². The van der Waals surface area contributed by atoms with Crippen LogP contribution in [0.1, 0.15) is 45.1 Å². The zero-order valence-corrected chi connectivity index (χ0v) is 14.4. The zero-order valence-electron chi connectivity index (χ0n) is 14.4. The van der Waals surface area contributed by atoms with E-state index in [0.29, 0.717) is 6.42 Å². The number of aliphatic hydroxyl groups excluding tert-OH is 1. The Bertz CT molecular complexity index is 481. The highest BCUT2D eigenvalue weighted by Crippen LogP contribution is 2.35. The van der Waals surface area contributed by atoms with E-state index in [1.54, 1.807) is 0 Å². The molecule has 1 aliphatic heterocycles. The highest BCUT2D eigenvalue weighted by molar-refractivity contribution is 5.83. The number of hydrogen-bond acceptors (Lipinski definition) is 3. The number of aliphatic hydroxyl groups is 1. The number of likely N-dealkylation sites (tertiary alicyclic amines) is 1. The van der Waals surface area contributed by atoms with Crippen molar-refractivity contribution in [2.75, 3.05) is 19.7 Å². The molecule has 23 heavy (non-hydrogen) atoms. The molecule has 0 aromatic heterocycles. The van der Waals surface area contributed by atoms with Gasteiger partial charge in [-0.2, -0.15) is 0 Å². The number of carbonyl (C=O) groups excluding carboxylic acids is 1. The van der Waals surface area contributed by atoms with Gasteiger partial charge in [-0.05, 0) is 51.3 Å². The lowest BCUT2D eigenvalue weighted by atomic mass is 9.74. The minimum absolute atomic E-state index is 0.0760. The van der Waals surface area contributed by atoms with Crippen LogP contribution in [-0.2, 0) is 11.3 Å². The van der Waals surface area contributed by atoms with Gasteiger partial charge in [-0.1, -0.05) is 37.3 Å². The summed E-state index contributed by atoms with van der Waals surface area (Å²) in [5, 5.41) is 12.6. The van der Waals surface area contributed by atoms with E-state index in [0.717, 1.165) is 38.9 Å². The van der Waals surface area contributed by atoms with Crippen molar-refractivity contribution in [2.24, 2.45) is 5.41 Å². The largest absolute Gasteiger partial charge is 0.396 e. The first-order valence-electron chi connectivity index (χ1n) is 8.78. The van der Waals surface area contributed by atoms with Gasteiger partial charge < -0.3 is 10.4 Å². The molecule has 2 rings (SSSR count). The van der Waals surface area contributed by atoms with Crippen LogP contribution in [0.25, 0.3) is 0 Å². The third-order valence-corrected chi connectivity index (χ3v) is 5.12. The molecule has 4 nitrogen and oxygen atoms in total. The summed E-state index contributed by atoms with van der Waals surface area (Å²) in [4.78, 5) is 15.1. The van der Waals surface area contributed by atoms with Crippen molar-refractivity contribution in [3.63, 3.8) is 0 Å². The quantitative estimate of drug-likeness (QED) is 0.812. The normalized spacial score (nSPS) is 19.3. The molecule has 2 N–H and O–H groups in total. The molecular formula is C19H30N2O2. The molecule has 4 heteroatoms. The number of hydrogen-bond donors (Lipinski definition) is 2. The third-order valence-electron chi connectivity index (χ3n) is 5.12. The molecule has 0 aliphatic carbocycles. The van der Waals surface area contributed by atoms with Gasteiger partial charge >= 0.3 is 0 Å². The molecule has 1 fully saturated rings. The van der Waals surface area contributed by atoms with Crippen molar-refractivity contribution in [2.45, 2.75) is 52.1 Å². The summed E-state index contributed by atoms with van der Waals surface area (Å²) in [6.45, 7) is 6.93. The van der Waals surface area contributed by atoms with Gasteiger partial charge in [0.05, 0.1) is 5.41 Å². The van der Waals surface area contributed by atoms with Gasteiger partial charge in [-0.3, -0.25) is 9.69 Å². The van der Waals surface area contributed by atoms with Crippen molar-refractivity contribution in [3.05, 3.63) is 35.9 Å². The van der Waals surface area contributed by atoms with E-state index < -0.39 is 5.41 Å². The first-order valence-corrected chi connectivity index (χ1v) is 8.78.